The van der Waals surface area contributed by atoms with Gasteiger partial charge in [0.1, 0.15) is 5.01 Å². The largest absolute Gasteiger partial charge is 0.350 e. The summed E-state index contributed by atoms with van der Waals surface area (Å²) in [6, 6.07) is 0. The number of rotatable bonds is 4. The van der Waals surface area contributed by atoms with Crippen LogP contribution in [0.25, 0.3) is 0 Å². The van der Waals surface area contributed by atoms with Gasteiger partial charge >= 0.3 is 0 Å². The molecule has 1 aromatic rings. The number of guanidine groups is 1. The molecule has 0 unspecified atom stereocenters. The summed E-state index contributed by atoms with van der Waals surface area (Å²) in [5.41, 5.74) is -0.228. The van der Waals surface area contributed by atoms with Gasteiger partial charge in [0, 0.05) is 23.7 Å². The molecule has 0 aromatic carbocycles. The van der Waals surface area contributed by atoms with E-state index in [1.165, 1.54) is 4.88 Å². The van der Waals surface area contributed by atoms with Crippen LogP contribution in [0.4, 0.5) is 0 Å². The fourth-order valence-electron chi connectivity index (χ4n) is 1.49. The van der Waals surface area contributed by atoms with Crippen molar-refractivity contribution in [3.05, 3.63) is 16.1 Å². The predicted molar refractivity (Wildman–Crippen MR) is 82.9 cm³/mol. The second-order valence-corrected chi connectivity index (χ2v) is 6.76. The monoisotopic (exact) mass is 297 g/mol. The summed E-state index contributed by atoms with van der Waals surface area (Å²) >= 11 is 1.64. The number of hydrogen-bond acceptors (Lipinski definition) is 4. The van der Waals surface area contributed by atoms with Crippen molar-refractivity contribution in [3.63, 3.8) is 0 Å². The van der Waals surface area contributed by atoms with Crippen molar-refractivity contribution in [2.75, 3.05) is 13.6 Å². The van der Waals surface area contributed by atoms with Crippen LogP contribution >= 0.6 is 11.3 Å². The summed E-state index contributed by atoms with van der Waals surface area (Å²) in [6.07, 6.45) is 1.84. The second kappa shape index (κ2) is 7.23. The number of nitrogens with zero attached hydrogens (tertiary/aromatic N) is 2. The van der Waals surface area contributed by atoms with Crippen molar-refractivity contribution < 1.29 is 4.79 Å². The fraction of sp³-hybridized carbons (Fsp3) is 0.615. The van der Waals surface area contributed by atoms with Crippen LogP contribution in [-0.4, -0.2) is 36.0 Å². The van der Waals surface area contributed by atoms with Gasteiger partial charge in [-0.05, 0) is 27.7 Å². The number of aromatic nitrogens is 1. The summed E-state index contributed by atoms with van der Waals surface area (Å²) in [5, 5.41) is 9.97. The standard InChI is InChI=1S/C13H23N5OS/c1-9-6-15-11(20-9)8-17-12(14-5)16-7-10(19)18-13(2,3)4/h6H,7-8H2,1-5H3,(H,18,19)(H2,14,16,17). The quantitative estimate of drug-likeness (QED) is 0.573. The summed E-state index contributed by atoms with van der Waals surface area (Å²) in [6.45, 7) is 8.65. The maximum absolute atomic E-state index is 11.7. The van der Waals surface area contributed by atoms with E-state index in [1.807, 2.05) is 33.9 Å². The van der Waals surface area contributed by atoms with Crippen LogP contribution in [0, 0.1) is 6.92 Å². The molecule has 0 fully saturated rings. The van der Waals surface area contributed by atoms with Crippen LogP contribution in [-0.2, 0) is 11.3 Å². The number of thiazole rings is 1. The number of aliphatic imine (C=N–C) groups is 1. The molecular formula is C13H23N5OS. The van der Waals surface area contributed by atoms with Crippen molar-refractivity contribution in [1.82, 2.24) is 20.9 Å². The first-order valence-electron chi connectivity index (χ1n) is 6.47. The van der Waals surface area contributed by atoms with E-state index >= 15 is 0 Å². The van der Waals surface area contributed by atoms with Crippen LogP contribution in [0.3, 0.4) is 0 Å². The van der Waals surface area contributed by atoms with E-state index in [1.54, 1.807) is 18.4 Å². The lowest BCUT2D eigenvalue weighted by Crippen LogP contribution is -2.48. The smallest absolute Gasteiger partial charge is 0.239 e. The van der Waals surface area contributed by atoms with Gasteiger partial charge in [-0.2, -0.15) is 0 Å². The van der Waals surface area contributed by atoms with E-state index in [9.17, 15) is 4.79 Å². The van der Waals surface area contributed by atoms with Crippen LogP contribution in [0.1, 0.15) is 30.7 Å². The van der Waals surface area contributed by atoms with Gasteiger partial charge in [0.15, 0.2) is 5.96 Å². The van der Waals surface area contributed by atoms with Crippen molar-refractivity contribution in [1.29, 1.82) is 0 Å². The Hall–Kier alpha value is -1.63. The molecule has 0 aliphatic carbocycles. The zero-order valence-electron chi connectivity index (χ0n) is 12.7. The predicted octanol–water partition coefficient (Wildman–Crippen LogP) is 1.03. The highest BCUT2D eigenvalue weighted by Gasteiger charge is 2.13. The minimum absolute atomic E-state index is 0.0643. The molecule has 0 atom stereocenters. The van der Waals surface area contributed by atoms with Crippen LogP contribution in [0.5, 0.6) is 0 Å². The Kier molecular flexibility index (Phi) is 5.94. The van der Waals surface area contributed by atoms with E-state index < -0.39 is 0 Å². The third-order valence-electron chi connectivity index (χ3n) is 2.23. The van der Waals surface area contributed by atoms with Gasteiger partial charge in [-0.3, -0.25) is 9.79 Å². The van der Waals surface area contributed by atoms with E-state index in [4.69, 9.17) is 0 Å². The minimum Gasteiger partial charge on any atom is -0.350 e. The van der Waals surface area contributed by atoms with E-state index in [-0.39, 0.29) is 18.0 Å². The Morgan fingerprint density at radius 2 is 2.10 bits per heavy atom. The topological polar surface area (TPSA) is 78.4 Å². The fourth-order valence-corrected chi connectivity index (χ4v) is 2.22. The molecule has 3 N–H and O–H groups in total. The Balaban J connectivity index is 2.35. The van der Waals surface area contributed by atoms with Crippen LogP contribution in [0.2, 0.25) is 0 Å². The maximum Gasteiger partial charge on any atom is 0.239 e. The molecule has 0 saturated carbocycles. The summed E-state index contributed by atoms with van der Waals surface area (Å²) in [7, 11) is 1.67. The van der Waals surface area contributed by atoms with Crippen LogP contribution in [0.15, 0.2) is 11.2 Å². The molecule has 0 aliphatic heterocycles. The zero-order chi connectivity index (χ0) is 15.2. The lowest BCUT2D eigenvalue weighted by atomic mass is 10.1. The first-order valence-corrected chi connectivity index (χ1v) is 7.28. The highest BCUT2D eigenvalue weighted by atomic mass is 32.1. The van der Waals surface area contributed by atoms with Crippen molar-refractivity contribution in [2.45, 2.75) is 39.8 Å². The number of nitrogens with one attached hydrogen (secondary N) is 3. The summed E-state index contributed by atoms with van der Waals surface area (Å²) < 4.78 is 0. The molecule has 20 heavy (non-hydrogen) atoms. The minimum atomic E-state index is -0.228. The van der Waals surface area contributed by atoms with Gasteiger partial charge in [0.05, 0.1) is 13.1 Å². The Morgan fingerprint density at radius 1 is 1.40 bits per heavy atom. The molecule has 112 valence electrons. The normalized spacial score (nSPS) is 12.2. The lowest BCUT2D eigenvalue weighted by Gasteiger charge is -2.21. The first-order chi connectivity index (χ1) is 9.30. The number of hydrogen-bond donors (Lipinski definition) is 3. The zero-order valence-corrected chi connectivity index (χ0v) is 13.5. The molecule has 0 radical (unpaired) electrons. The number of aryl methyl sites for hydroxylation is 1. The van der Waals surface area contributed by atoms with E-state index in [0.717, 1.165) is 5.01 Å². The number of carbonyl (C=O) groups is 1. The molecule has 1 heterocycles. The Morgan fingerprint density at radius 3 is 2.60 bits per heavy atom. The number of carbonyl (C=O) groups excluding carboxylic acids is 1. The third kappa shape index (κ3) is 6.51. The van der Waals surface area contributed by atoms with Gasteiger partial charge in [-0.1, -0.05) is 0 Å². The van der Waals surface area contributed by atoms with E-state index in [2.05, 4.69) is 25.9 Å². The van der Waals surface area contributed by atoms with Crippen molar-refractivity contribution >= 4 is 23.2 Å². The van der Waals surface area contributed by atoms with Crippen molar-refractivity contribution in [3.8, 4) is 0 Å². The first kappa shape index (κ1) is 16.4. The molecule has 0 aliphatic rings. The highest BCUT2D eigenvalue weighted by molar-refractivity contribution is 7.11. The molecule has 6 nitrogen and oxygen atoms in total. The number of amides is 1. The van der Waals surface area contributed by atoms with Gasteiger partial charge in [0.25, 0.3) is 0 Å². The lowest BCUT2D eigenvalue weighted by molar-refractivity contribution is -0.121. The molecule has 7 heteroatoms. The maximum atomic E-state index is 11.7. The van der Waals surface area contributed by atoms with Gasteiger partial charge in [-0.15, -0.1) is 11.3 Å². The van der Waals surface area contributed by atoms with Gasteiger partial charge < -0.3 is 16.0 Å². The Bertz CT molecular complexity index is 475. The highest BCUT2D eigenvalue weighted by Crippen LogP contribution is 2.10. The van der Waals surface area contributed by atoms with Crippen molar-refractivity contribution in [2.24, 2.45) is 4.99 Å². The second-order valence-electron chi connectivity index (χ2n) is 5.44. The third-order valence-corrected chi connectivity index (χ3v) is 3.14. The molecular weight excluding hydrogens is 274 g/mol. The molecule has 0 saturated heterocycles. The van der Waals surface area contributed by atoms with E-state index in [0.29, 0.717) is 12.5 Å². The molecule has 1 aromatic heterocycles. The molecule has 1 amide bonds. The average Bonchev–Trinajstić information content (AvgIpc) is 2.73. The Labute approximate surface area is 124 Å². The SMILES string of the molecule is CN=C(NCC(=O)NC(C)(C)C)NCc1ncc(C)s1. The van der Waals surface area contributed by atoms with Crippen LogP contribution < -0.4 is 16.0 Å². The summed E-state index contributed by atoms with van der Waals surface area (Å²) in [4.78, 5) is 21.2. The van der Waals surface area contributed by atoms with Gasteiger partial charge in [-0.25, -0.2) is 4.98 Å². The van der Waals surface area contributed by atoms with Gasteiger partial charge in [0.2, 0.25) is 5.91 Å². The molecule has 1 rings (SSSR count). The average molecular weight is 297 g/mol. The summed E-state index contributed by atoms with van der Waals surface area (Å²) in [5.74, 6) is 0.521. The molecule has 0 bridgehead atoms. The molecule has 0 spiro atoms.